The second kappa shape index (κ2) is 10.8. The molecule has 1 amide bonds. The first-order valence-electron chi connectivity index (χ1n) is 12.2. The first kappa shape index (κ1) is 24.0. The fourth-order valence-electron chi connectivity index (χ4n) is 4.35. The molecule has 7 heteroatoms. The number of fused-ring (bicyclic) bond motifs is 1. The molecule has 0 spiro atoms. The van der Waals surface area contributed by atoms with Crippen molar-refractivity contribution >= 4 is 29.2 Å². The van der Waals surface area contributed by atoms with Gasteiger partial charge in [-0.1, -0.05) is 38.1 Å². The predicted molar refractivity (Wildman–Crippen MR) is 138 cm³/mol. The fraction of sp³-hybridized carbons (Fsp3) is 0.407. The van der Waals surface area contributed by atoms with Crippen LogP contribution in [0.3, 0.4) is 0 Å². The summed E-state index contributed by atoms with van der Waals surface area (Å²) in [5, 5.41) is 3.42. The highest BCUT2D eigenvalue weighted by molar-refractivity contribution is 6.05. The molecule has 34 heavy (non-hydrogen) atoms. The Balaban J connectivity index is 1.48. The maximum atomic E-state index is 13.2. The summed E-state index contributed by atoms with van der Waals surface area (Å²) >= 11 is 0. The summed E-state index contributed by atoms with van der Waals surface area (Å²) < 4.78 is 5.89. The van der Waals surface area contributed by atoms with Crippen LogP contribution < -0.4 is 16.8 Å². The van der Waals surface area contributed by atoms with Crippen LogP contribution in [-0.2, 0) is 16.0 Å². The average Bonchev–Trinajstić information content (AvgIpc) is 3.61. The molecule has 0 bridgehead atoms. The van der Waals surface area contributed by atoms with Gasteiger partial charge in [0, 0.05) is 36.3 Å². The van der Waals surface area contributed by atoms with Crippen LogP contribution in [0.25, 0.3) is 6.08 Å². The summed E-state index contributed by atoms with van der Waals surface area (Å²) in [5.41, 5.74) is 17.5. The third-order valence-corrected chi connectivity index (χ3v) is 6.08. The van der Waals surface area contributed by atoms with Crippen LogP contribution in [0.15, 0.2) is 53.0 Å². The van der Waals surface area contributed by atoms with E-state index in [1.165, 1.54) is 5.56 Å². The molecule has 4 rings (SSSR count). The van der Waals surface area contributed by atoms with Gasteiger partial charge in [-0.25, -0.2) is 4.99 Å². The number of amides is 1. The van der Waals surface area contributed by atoms with E-state index in [4.69, 9.17) is 16.2 Å². The first-order valence-corrected chi connectivity index (χ1v) is 12.2. The van der Waals surface area contributed by atoms with Gasteiger partial charge in [0.25, 0.3) is 0 Å². The van der Waals surface area contributed by atoms with Crippen molar-refractivity contribution in [1.82, 2.24) is 4.90 Å². The molecule has 7 nitrogen and oxygen atoms in total. The minimum Gasteiger partial charge on any atom is -0.387 e. The summed E-state index contributed by atoms with van der Waals surface area (Å²) in [7, 11) is 0. The van der Waals surface area contributed by atoms with Crippen molar-refractivity contribution in [3.05, 3.63) is 64.7 Å². The highest BCUT2D eigenvalue weighted by Gasteiger charge is 2.40. The molecule has 2 unspecified atom stereocenters. The molecule has 0 aliphatic carbocycles. The minimum atomic E-state index is -0.0881. The van der Waals surface area contributed by atoms with E-state index in [2.05, 4.69) is 48.4 Å². The maximum absolute atomic E-state index is 13.2. The van der Waals surface area contributed by atoms with Crippen molar-refractivity contribution in [2.45, 2.75) is 51.9 Å². The number of nitrogens with one attached hydrogen (secondary N) is 1. The lowest BCUT2D eigenvalue weighted by Crippen LogP contribution is -2.34. The van der Waals surface area contributed by atoms with Gasteiger partial charge < -0.3 is 26.4 Å². The first-order chi connectivity index (χ1) is 16.5. The van der Waals surface area contributed by atoms with E-state index in [1.54, 1.807) is 0 Å². The molecule has 2 aromatic rings. The Morgan fingerprint density at radius 1 is 1.15 bits per heavy atom. The van der Waals surface area contributed by atoms with E-state index < -0.39 is 0 Å². The Morgan fingerprint density at radius 3 is 2.56 bits per heavy atom. The smallest absolute Gasteiger partial charge is 0.250 e. The Kier molecular flexibility index (Phi) is 7.65. The molecule has 0 radical (unpaired) electrons. The van der Waals surface area contributed by atoms with Crippen molar-refractivity contribution in [2.24, 2.45) is 16.5 Å². The molecule has 2 aliphatic heterocycles. The standard InChI is InChI=1S/C27H35N5O2/c1-3-13-32(14-4-2)27(33)21-15-19-7-8-20(16-23(19)31-24(29)17-21)25-26(34-25)30-22-9-5-18(6-10-22)11-12-28/h5-10,15-16,25-26,30H,3-4,11-14,17,28H2,1-2H3,(H2,29,31). The van der Waals surface area contributed by atoms with Gasteiger partial charge in [0.15, 0.2) is 6.23 Å². The Hall–Kier alpha value is -3.16. The zero-order chi connectivity index (χ0) is 24.1. The molecule has 180 valence electrons. The molecule has 2 aliphatic rings. The number of carbonyl (C=O) groups is 1. The van der Waals surface area contributed by atoms with Crippen molar-refractivity contribution in [2.75, 3.05) is 25.0 Å². The number of rotatable bonds is 10. The van der Waals surface area contributed by atoms with E-state index in [9.17, 15) is 4.79 Å². The van der Waals surface area contributed by atoms with E-state index in [0.717, 1.165) is 54.9 Å². The quantitative estimate of drug-likeness (QED) is 0.461. The second-order valence-corrected chi connectivity index (χ2v) is 8.92. The summed E-state index contributed by atoms with van der Waals surface area (Å²) in [5.74, 6) is 0.499. The molecule has 0 saturated carbocycles. The van der Waals surface area contributed by atoms with E-state index in [0.29, 0.717) is 24.4 Å². The number of ether oxygens (including phenoxy) is 1. The summed E-state index contributed by atoms with van der Waals surface area (Å²) in [6.07, 6.45) is 4.89. The van der Waals surface area contributed by atoms with Crippen LogP contribution >= 0.6 is 0 Å². The molecule has 1 fully saturated rings. The van der Waals surface area contributed by atoms with Gasteiger partial charge in [0.1, 0.15) is 11.9 Å². The Labute approximate surface area is 201 Å². The number of aliphatic imine (C=N–C) groups is 1. The van der Waals surface area contributed by atoms with Crippen LogP contribution in [0.2, 0.25) is 0 Å². The SMILES string of the molecule is CCCN(CCC)C(=O)C1=Cc2ccc(C3OC3Nc3ccc(CCN)cc3)cc2N=C(N)C1. The van der Waals surface area contributed by atoms with Gasteiger partial charge in [0.2, 0.25) is 5.91 Å². The molecule has 2 atom stereocenters. The summed E-state index contributed by atoms with van der Waals surface area (Å²) in [4.78, 5) is 19.7. The van der Waals surface area contributed by atoms with Crippen LogP contribution in [0, 0.1) is 0 Å². The third kappa shape index (κ3) is 5.66. The zero-order valence-corrected chi connectivity index (χ0v) is 20.1. The van der Waals surface area contributed by atoms with Gasteiger partial charge in [-0.3, -0.25) is 4.79 Å². The van der Waals surface area contributed by atoms with E-state index in [-0.39, 0.29) is 18.2 Å². The monoisotopic (exact) mass is 461 g/mol. The molecular formula is C27H35N5O2. The average molecular weight is 462 g/mol. The zero-order valence-electron chi connectivity index (χ0n) is 20.1. The fourth-order valence-corrected chi connectivity index (χ4v) is 4.35. The number of epoxide rings is 1. The van der Waals surface area contributed by atoms with Crippen LogP contribution in [0.5, 0.6) is 0 Å². The summed E-state index contributed by atoms with van der Waals surface area (Å²) in [6, 6.07) is 14.3. The minimum absolute atomic E-state index is 0.0473. The van der Waals surface area contributed by atoms with Crippen LogP contribution in [0.1, 0.15) is 55.9 Å². The molecule has 1 saturated heterocycles. The number of nitrogens with zero attached hydrogens (tertiary/aromatic N) is 2. The number of hydrogen-bond donors (Lipinski definition) is 3. The van der Waals surface area contributed by atoms with Gasteiger partial charge in [-0.2, -0.15) is 0 Å². The van der Waals surface area contributed by atoms with Crippen molar-refractivity contribution in [3.8, 4) is 0 Å². The second-order valence-electron chi connectivity index (χ2n) is 8.92. The third-order valence-electron chi connectivity index (χ3n) is 6.08. The van der Waals surface area contributed by atoms with Crippen molar-refractivity contribution in [1.29, 1.82) is 0 Å². The lowest BCUT2D eigenvalue weighted by Gasteiger charge is -2.22. The molecule has 0 aromatic heterocycles. The molecule has 2 aromatic carbocycles. The molecule has 2 heterocycles. The topological polar surface area (TPSA) is 109 Å². The lowest BCUT2D eigenvalue weighted by molar-refractivity contribution is -0.127. The molecular weight excluding hydrogens is 426 g/mol. The number of benzene rings is 2. The van der Waals surface area contributed by atoms with E-state index >= 15 is 0 Å². The molecule has 5 N–H and O–H groups in total. The largest absolute Gasteiger partial charge is 0.387 e. The van der Waals surface area contributed by atoms with Gasteiger partial charge in [0.05, 0.1) is 5.69 Å². The highest BCUT2D eigenvalue weighted by Crippen LogP contribution is 2.41. The van der Waals surface area contributed by atoms with Crippen LogP contribution in [0.4, 0.5) is 11.4 Å². The van der Waals surface area contributed by atoms with Gasteiger partial charge >= 0.3 is 0 Å². The predicted octanol–water partition coefficient (Wildman–Crippen LogP) is 4.12. The number of nitrogens with two attached hydrogens (primary N) is 2. The van der Waals surface area contributed by atoms with Crippen LogP contribution in [-0.4, -0.2) is 42.5 Å². The van der Waals surface area contributed by atoms with Gasteiger partial charge in [-0.15, -0.1) is 0 Å². The number of hydrogen-bond acceptors (Lipinski definition) is 6. The lowest BCUT2D eigenvalue weighted by atomic mass is 10.0. The Morgan fingerprint density at radius 2 is 1.88 bits per heavy atom. The van der Waals surface area contributed by atoms with Crippen molar-refractivity contribution in [3.63, 3.8) is 0 Å². The normalized spacial score (nSPS) is 18.9. The van der Waals surface area contributed by atoms with Gasteiger partial charge in [-0.05, 0) is 61.2 Å². The highest BCUT2D eigenvalue weighted by atomic mass is 16.6. The maximum Gasteiger partial charge on any atom is 0.250 e. The van der Waals surface area contributed by atoms with Crippen molar-refractivity contribution < 1.29 is 9.53 Å². The Bertz CT molecular complexity index is 1070. The number of carbonyl (C=O) groups excluding carboxylic acids is 1. The van der Waals surface area contributed by atoms with E-state index in [1.807, 2.05) is 29.2 Å². The number of anilines is 1. The summed E-state index contributed by atoms with van der Waals surface area (Å²) in [6.45, 7) is 6.31. The number of amidine groups is 1.